The normalized spacial score (nSPS) is 14.3. The minimum absolute atomic E-state index is 0.0620. The average Bonchev–Trinajstić information content (AvgIpc) is 3.10. The molecular formula is C21H23N5O. The number of benzene rings is 1. The number of aromatic amines is 1. The number of carbonyl (C=O) groups is 1. The SMILES string of the molecule is Cc1cc(C)nc(NCC(=O)N2CC=C(c3c[nH]c4ccccc34)CC2)n1. The molecule has 4 rings (SSSR count). The number of nitrogens with zero attached hydrogens (tertiary/aromatic N) is 3. The van der Waals surface area contributed by atoms with Crippen LogP contribution in [0.1, 0.15) is 23.4 Å². The Morgan fingerprint density at radius 2 is 2.00 bits per heavy atom. The Balaban J connectivity index is 1.40. The van der Waals surface area contributed by atoms with Crippen LogP contribution in [0, 0.1) is 13.8 Å². The van der Waals surface area contributed by atoms with Crippen LogP contribution in [-0.4, -0.2) is 45.4 Å². The minimum Gasteiger partial charge on any atom is -0.361 e. The highest BCUT2D eigenvalue weighted by Crippen LogP contribution is 2.29. The Labute approximate surface area is 158 Å². The summed E-state index contributed by atoms with van der Waals surface area (Å²) in [4.78, 5) is 26.3. The van der Waals surface area contributed by atoms with E-state index in [2.05, 4.69) is 50.7 Å². The number of nitrogens with one attached hydrogen (secondary N) is 2. The van der Waals surface area contributed by atoms with Crippen molar-refractivity contribution >= 4 is 28.3 Å². The van der Waals surface area contributed by atoms with E-state index >= 15 is 0 Å². The molecule has 0 bridgehead atoms. The Hall–Kier alpha value is -3.15. The number of amides is 1. The standard InChI is InChI=1S/C21H23N5O/c1-14-11-15(2)25-21(24-14)23-13-20(27)26-9-7-16(8-10-26)18-12-22-19-6-4-3-5-17(18)19/h3-7,11-12,22H,8-10,13H2,1-2H3,(H,23,24,25). The number of anilines is 1. The fraction of sp³-hybridized carbons (Fsp3) is 0.286. The molecule has 0 atom stereocenters. The molecule has 1 aliphatic heterocycles. The molecule has 6 heteroatoms. The molecule has 0 saturated heterocycles. The van der Waals surface area contributed by atoms with E-state index in [4.69, 9.17) is 0 Å². The minimum atomic E-state index is 0.0620. The summed E-state index contributed by atoms with van der Waals surface area (Å²) in [6.45, 7) is 5.40. The van der Waals surface area contributed by atoms with Gasteiger partial charge >= 0.3 is 0 Å². The van der Waals surface area contributed by atoms with Crippen molar-refractivity contribution in [2.45, 2.75) is 20.3 Å². The molecule has 0 spiro atoms. The monoisotopic (exact) mass is 361 g/mol. The molecule has 6 nitrogen and oxygen atoms in total. The number of carbonyl (C=O) groups excluding carboxylic acids is 1. The first-order valence-corrected chi connectivity index (χ1v) is 9.19. The number of aromatic nitrogens is 3. The van der Waals surface area contributed by atoms with Crippen LogP contribution in [0.15, 0.2) is 42.6 Å². The zero-order chi connectivity index (χ0) is 18.8. The first-order valence-electron chi connectivity index (χ1n) is 9.19. The van der Waals surface area contributed by atoms with Crippen LogP contribution in [0.25, 0.3) is 16.5 Å². The molecule has 1 aromatic carbocycles. The lowest BCUT2D eigenvalue weighted by atomic mass is 9.99. The van der Waals surface area contributed by atoms with E-state index in [-0.39, 0.29) is 12.5 Å². The van der Waals surface area contributed by atoms with Gasteiger partial charge < -0.3 is 15.2 Å². The topological polar surface area (TPSA) is 73.9 Å². The molecular weight excluding hydrogens is 338 g/mol. The van der Waals surface area contributed by atoms with Crippen molar-refractivity contribution < 1.29 is 4.79 Å². The third kappa shape index (κ3) is 3.69. The number of H-pyrrole nitrogens is 1. The second-order valence-electron chi connectivity index (χ2n) is 6.89. The number of para-hydroxylation sites is 1. The van der Waals surface area contributed by atoms with Gasteiger partial charge in [-0.1, -0.05) is 24.3 Å². The molecule has 1 amide bonds. The number of rotatable bonds is 4. The quantitative estimate of drug-likeness (QED) is 0.748. The van der Waals surface area contributed by atoms with E-state index in [1.807, 2.05) is 30.9 Å². The maximum absolute atomic E-state index is 12.5. The average molecular weight is 361 g/mol. The third-order valence-electron chi connectivity index (χ3n) is 4.88. The molecule has 0 saturated carbocycles. The van der Waals surface area contributed by atoms with Gasteiger partial charge in [-0.15, -0.1) is 0 Å². The fourth-order valence-electron chi connectivity index (χ4n) is 3.55. The molecule has 1 aliphatic rings. The van der Waals surface area contributed by atoms with E-state index in [1.54, 1.807) is 0 Å². The van der Waals surface area contributed by atoms with Crippen molar-refractivity contribution in [3.8, 4) is 0 Å². The van der Waals surface area contributed by atoms with Gasteiger partial charge in [0.25, 0.3) is 0 Å². The van der Waals surface area contributed by atoms with Gasteiger partial charge in [-0.2, -0.15) is 0 Å². The zero-order valence-corrected chi connectivity index (χ0v) is 15.6. The third-order valence-corrected chi connectivity index (χ3v) is 4.88. The Kier molecular flexibility index (Phi) is 4.62. The van der Waals surface area contributed by atoms with Crippen molar-refractivity contribution in [3.63, 3.8) is 0 Å². The molecule has 27 heavy (non-hydrogen) atoms. The van der Waals surface area contributed by atoms with Crippen molar-refractivity contribution in [1.29, 1.82) is 0 Å². The second kappa shape index (κ2) is 7.23. The van der Waals surface area contributed by atoms with Gasteiger partial charge in [0.15, 0.2) is 0 Å². The van der Waals surface area contributed by atoms with Gasteiger partial charge in [0.1, 0.15) is 0 Å². The predicted octanol–water partition coefficient (Wildman–Crippen LogP) is 3.30. The molecule has 2 N–H and O–H groups in total. The highest BCUT2D eigenvalue weighted by atomic mass is 16.2. The summed E-state index contributed by atoms with van der Waals surface area (Å²) in [6.07, 6.45) is 5.07. The van der Waals surface area contributed by atoms with Crippen molar-refractivity contribution in [1.82, 2.24) is 19.9 Å². The maximum atomic E-state index is 12.5. The van der Waals surface area contributed by atoms with E-state index in [0.29, 0.717) is 12.5 Å². The molecule has 2 aromatic heterocycles. The number of aryl methyl sites for hydroxylation is 2. The summed E-state index contributed by atoms with van der Waals surface area (Å²) >= 11 is 0. The summed E-state index contributed by atoms with van der Waals surface area (Å²) in [5.41, 5.74) is 5.45. The van der Waals surface area contributed by atoms with Crippen LogP contribution in [0.2, 0.25) is 0 Å². The summed E-state index contributed by atoms with van der Waals surface area (Å²) in [7, 11) is 0. The molecule has 0 radical (unpaired) electrons. The second-order valence-corrected chi connectivity index (χ2v) is 6.89. The fourth-order valence-corrected chi connectivity index (χ4v) is 3.55. The molecule has 3 aromatic rings. The highest BCUT2D eigenvalue weighted by molar-refractivity contribution is 5.93. The van der Waals surface area contributed by atoms with Crippen LogP contribution >= 0.6 is 0 Å². The Bertz CT molecular complexity index is 1000. The van der Waals surface area contributed by atoms with Gasteiger partial charge in [0, 0.05) is 47.1 Å². The van der Waals surface area contributed by atoms with Crippen LogP contribution in [0.5, 0.6) is 0 Å². The van der Waals surface area contributed by atoms with Crippen molar-refractivity contribution in [2.75, 3.05) is 25.0 Å². The lowest BCUT2D eigenvalue weighted by Gasteiger charge is -2.26. The maximum Gasteiger partial charge on any atom is 0.242 e. The molecule has 0 aliphatic carbocycles. The summed E-state index contributed by atoms with van der Waals surface area (Å²) in [5, 5.41) is 4.28. The molecule has 138 valence electrons. The highest BCUT2D eigenvalue weighted by Gasteiger charge is 2.19. The number of fused-ring (bicyclic) bond motifs is 1. The van der Waals surface area contributed by atoms with Crippen molar-refractivity contribution in [3.05, 3.63) is 59.6 Å². The largest absolute Gasteiger partial charge is 0.361 e. The van der Waals surface area contributed by atoms with Gasteiger partial charge in [-0.05, 0) is 38.0 Å². The molecule has 0 unspecified atom stereocenters. The Morgan fingerprint density at radius 3 is 2.74 bits per heavy atom. The van der Waals surface area contributed by atoms with Crippen LogP contribution in [-0.2, 0) is 4.79 Å². The van der Waals surface area contributed by atoms with Gasteiger partial charge in [-0.25, -0.2) is 9.97 Å². The molecule has 0 fully saturated rings. The van der Waals surface area contributed by atoms with Gasteiger partial charge in [-0.3, -0.25) is 4.79 Å². The summed E-state index contributed by atoms with van der Waals surface area (Å²) in [5.74, 6) is 0.569. The van der Waals surface area contributed by atoms with E-state index in [1.165, 1.54) is 16.5 Å². The van der Waals surface area contributed by atoms with Gasteiger partial charge in [0.05, 0.1) is 6.54 Å². The lowest BCUT2D eigenvalue weighted by molar-refractivity contribution is -0.128. The van der Waals surface area contributed by atoms with Gasteiger partial charge in [0.2, 0.25) is 11.9 Å². The number of hydrogen-bond donors (Lipinski definition) is 2. The predicted molar refractivity (Wildman–Crippen MR) is 107 cm³/mol. The zero-order valence-electron chi connectivity index (χ0n) is 15.6. The summed E-state index contributed by atoms with van der Waals surface area (Å²) < 4.78 is 0. The molecule has 3 heterocycles. The lowest BCUT2D eigenvalue weighted by Crippen LogP contribution is -2.38. The van der Waals surface area contributed by atoms with E-state index in [0.717, 1.165) is 29.9 Å². The van der Waals surface area contributed by atoms with Crippen LogP contribution in [0.4, 0.5) is 5.95 Å². The van der Waals surface area contributed by atoms with Crippen LogP contribution in [0.3, 0.4) is 0 Å². The smallest absolute Gasteiger partial charge is 0.242 e. The summed E-state index contributed by atoms with van der Waals surface area (Å²) in [6, 6.07) is 10.2. The van der Waals surface area contributed by atoms with Crippen LogP contribution < -0.4 is 5.32 Å². The van der Waals surface area contributed by atoms with E-state index in [9.17, 15) is 4.79 Å². The van der Waals surface area contributed by atoms with E-state index < -0.39 is 0 Å². The first kappa shape index (κ1) is 17.3. The first-order chi connectivity index (χ1) is 13.1. The van der Waals surface area contributed by atoms with Crippen molar-refractivity contribution in [2.24, 2.45) is 0 Å². The number of hydrogen-bond acceptors (Lipinski definition) is 4. The Morgan fingerprint density at radius 1 is 1.22 bits per heavy atom.